The van der Waals surface area contributed by atoms with E-state index in [1.54, 1.807) is 24.3 Å². The summed E-state index contributed by atoms with van der Waals surface area (Å²) < 4.78 is 13.6. The predicted octanol–water partition coefficient (Wildman–Crippen LogP) is 3.79. The number of carboxylic acid groups (broad SMARTS) is 1. The molecular formula is C14H11ClFNO2. The molecule has 0 saturated heterocycles. The number of hydrogen-bond acceptors (Lipinski definition) is 2. The number of rotatable bonds is 4. The van der Waals surface area contributed by atoms with Crippen LogP contribution in [0.25, 0.3) is 0 Å². The fourth-order valence-corrected chi connectivity index (χ4v) is 1.84. The number of anilines is 1. The van der Waals surface area contributed by atoms with Gasteiger partial charge in [-0.3, -0.25) is 0 Å². The highest BCUT2D eigenvalue weighted by Gasteiger charge is 2.08. The Morgan fingerprint density at radius 1 is 1.26 bits per heavy atom. The Bertz CT molecular complexity index is 616. The molecular weight excluding hydrogens is 269 g/mol. The van der Waals surface area contributed by atoms with Crippen LogP contribution in [-0.4, -0.2) is 11.1 Å². The second-order valence-electron chi connectivity index (χ2n) is 3.94. The van der Waals surface area contributed by atoms with Crippen molar-refractivity contribution in [1.29, 1.82) is 0 Å². The lowest BCUT2D eigenvalue weighted by Crippen LogP contribution is -2.05. The van der Waals surface area contributed by atoms with Gasteiger partial charge in [0, 0.05) is 12.1 Å². The lowest BCUT2D eigenvalue weighted by Gasteiger charge is -2.09. The van der Waals surface area contributed by atoms with Gasteiger partial charge in [0.15, 0.2) is 0 Å². The minimum Gasteiger partial charge on any atom is -0.478 e. The predicted molar refractivity (Wildman–Crippen MR) is 72.1 cm³/mol. The van der Waals surface area contributed by atoms with Crippen molar-refractivity contribution in [3.8, 4) is 0 Å². The Morgan fingerprint density at radius 2 is 2.00 bits per heavy atom. The van der Waals surface area contributed by atoms with Crippen molar-refractivity contribution in [3.05, 3.63) is 64.4 Å². The van der Waals surface area contributed by atoms with Crippen LogP contribution in [0.4, 0.5) is 10.1 Å². The van der Waals surface area contributed by atoms with E-state index in [-0.39, 0.29) is 17.7 Å². The molecule has 0 fully saturated rings. The zero-order chi connectivity index (χ0) is 13.8. The van der Waals surface area contributed by atoms with Crippen molar-refractivity contribution in [2.45, 2.75) is 6.54 Å². The van der Waals surface area contributed by atoms with E-state index in [0.29, 0.717) is 10.7 Å². The van der Waals surface area contributed by atoms with E-state index in [4.69, 9.17) is 16.7 Å². The summed E-state index contributed by atoms with van der Waals surface area (Å²) in [4.78, 5) is 10.8. The van der Waals surface area contributed by atoms with Crippen LogP contribution < -0.4 is 5.32 Å². The molecule has 5 heteroatoms. The normalized spacial score (nSPS) is 10.2. The monoisotopic (exact) mass is 279 g/mol. The molecule has 0 aliphatic heterocycles. The molecule has 0 aromatic heterocycles. The van der Waals surface area contributed by atoms with E-state index in [1.807, 2.05) is 0 Å². The first-order valence-electron chi connectivity index (χ1n) is 5.58. The van der Waals surface area contributed by atoms with Gasteiger partial charge in [0.1, 0.15) is 5.82 Å². The minimum absolute atomic E-state index is 0.0531. The largest absolute Gasteiger partial charge is 0.478 e. The number of carboxylic acids is 1. The summed E-state index contributed by atoms with van der Waals surface area (Å²) in [6.07, 6.45) is 0. The highest BCUT2D eigenvalue weighted by molar-refractivity contribution is 6.33. The van der Waals surface area contributed by atoms with Gasteiger partial charge in [-0.25, -0.2) is 9.18 Å². The summed E-state index contributed by atoms with van der Waals surface area (Å²) in [6, 6.07) is 10.8. The van der Waals surface area contributed by atoms with Crippen LogP contribution in [-0.2, 0) is 6.54 Å². The van der Waals surface area contributed by atoms with Gasteiger partial charge in [0.2, 0.25) is 0 Å². The quantitative estimate of drug-likeness (QED) is 0.895. The number of nitrogens with one attached hydrogen (secondary N) is 1. The molecule has 2 N–H and O–H groups in total. The molecule has 0 atom stereocenters. The molecule has 0 saturated carbocycles. The Balaban J connectivity index is 2.17. The molecule has 19 heavy (non-hydrogen) atoms. The summed E-state index contributed by atoms with van der Waals surface area (Å²) in [5, 5.41) is 12.4. The zero-order valence-corrected chi connectivity index (χ0v) is 10.6. The third-order valence-electron chi connectivity index (χ3n) is 2.64. The van der Waals surface area contributed by atoms with Crippen LogP contribution in [0, 0.1) is 5.82 Å². The molecule has 2 aromatic carbocycles. The fourth-order valence-electron chi connectivity index (χ4n) is 1.64. The van der Waals surface area contributed by atoms with Gasteiger partial charge in [-0.15, -0.1) is 0 Å². The fraction of sp³-hybridized carbons (Fsp3) is 0.0714. The highest BCUT2D eigenvalue weighted by Crippen LogP contribution is 2.21. The van der Waals surface area contributed by atoms with Crippen molar-refractivity contribution in [2.75, 3.05) is 5.32 Å². The average Bonchev–Trinajstić information content (AvgIpc) is 2.39. The molecule has 0 radical (unpaired) electrons. The Morgan fingerprint density at radius 3 is 2.68 bits per heavy atom. The Kier molecular flexibility index (Phi) is 4.02. The zero-order valence-electron chi connectivity index (χ0n) is 9.86. The van der Waals surface area contributed by atoms with Crippen molar-refractivity contribution >= 4 is 23.3 Å². The maximum absolute atomic E-state index is 13.6. The van der Waals surface area contributed by atoms with Crippen LogP contribution in [0.5, 0.6) is 0 Å². The van der Waals surface area contributed by atoms with E-state index in [0.717, 1.165) is 6.07 Å². The Labute approximate surface area is 114 Å². The first-order valence-corrected chi connectivity index (χ1v) is 5.96. The average molecular weight is 280 g/mol. The van der Waals surface area contributed by atoms with E-state index >= 15 is 0 Å². The third kappa shape index (κ3) is 3.23. The summed E-state index contributed by atoms with van der Waals surface area (Å²) in [5.74, 6) is -1.54. The molecule has 2 aromatic rings. The Hall–Kier alpha value is -2.07. The molecule has 0 bridgehead atoms. The third-order valence-corrected chi connectivity index (χ3v) is 2.97. The van der Waals surface area contributed by atoms with Gasteiger partial charge in [-0.1, -0.05) is 23.7 Å². The van der Waals surface area contributed by atoms with Crippen molar-refractivity contribution in [1.82, 2.24) is 0 Å². The summed E-state index contributed by atoms with van der Waals surface area (Å²) in [7, 11) is 0. The van der Waals surface area contributed by atoms with Gasteiger partial charge in [-0.05, 0) is 30.3 Å². The van der Waals surface area contributed by atoms with E-state index in [9.17, 15) is 9.18 Å². The molecule has 2 rings (SSSR count). The SMILES string of the molecule is O=C(O)c1ccc(F)c(CNc2ccccc2Cl)c1. The second kappa shape index (κ2) is 5.71. The maximum atomic E-state index is 13.6. The first kappa shape index (κ1) is 13.4. The molecule has 0 unspecified atom stereocenters. The highest BCUT2D eigenvalue weighted by atomic mass is 35.5. The van der Waals surface area contributed by atoms with Gasteiger partial charge in [0.25, 0.3) is 0 Å². The summed E-state index contributed by atoms with van der Waals surface area (Å²) in [5.41, 5.74) is 1.00. The number of hydrogen-bond donors (Lipinski definition) is 2. The van der Waals surface area contributed by atoms with Crippen molar-refractivity contribution in [3.63, 3.8) is 0 Å². The topological polar surface area (TPSA) is 49.3 Å². The summed E-state index contributed by atoms with van der Waals surface area (Å²) in [6.45, 7) is 0.163. The second-order valence-corrected chi connectivity index (χ2v) is 4.35. The van der Waals surface area contributed by atoms with E-state index < -0.39 is 11.8 Å². The van der Waals surface area contributed by atoms with Crippen LogP contribution in [0.15, 0.2) is 42.5 Å². The molecule has 0 heterocycles. The van der Waals surface area contributed by atoms with Gasteiger partial charge in [0.05, 0.1) is 16.3 Å². The smallest absolute Gasteiger partial charge is 0.335 e. The number of halogens is 2. The van der Waals surface area contributed by atoms with Gasteiger partial charge < -0.3 is 10.4 Å². The molecule has 0 spiro atoms. The van der Waals surface area contributed by atoms with Crippen molar-refractivity contribution < 1.29 is 14.3 Å². The van der Waals surface area contributed by atoms with Gasteiger partial charge in [-0.2, -0.15) is 0 Å². The van der Waals surface area contributed by atoms with Crippen LogP contribution >= 0.6 is 11.6 Å². The lowest BCUT2D eigenvalue weighted by molar-refractivity contribution is 0.0696. The molecule has 98 valence electrons. The minimum atomic E-state index is -1.08. The molecule has 0 amide bonds. The van der Waals surface area contributed by atoms with E-state index in [1.165, 1.54) is 12.1 Å². The van der Waals surface area contributed by atoms with E-state index in [2.05, 4.69) is 5.32 Å². The molecule has 0 aliphatic rings. The molecule has 0 aliphatic carbocycles. The number of aromatic carboxylic acids is 1. The number of carbonyl (C=O) groups is 1. The maximum Gasteiger partial charge on any atom is 0.335 e. The van der Waals surface area contributed by atoms with Crippen LogP contribution in [0.3, 0.4) is 0 Å². The van der Waals surface area contributed by atoms with Crippen LogP contribution in [0.1, 0.15) is 15.9 Å². The number of para-hydroxylation sites is 1. The summed E-state index contributed by atoms with van der Waals surface area (Å²) >= 11 is 5.96. The number of benzene rings is 2. The lowest BCUT2D eigenvalue weighted by atomic mass is 10.1. The standard InChI is InChI=1S/C14H11ClFNO2/c15-11-3-1-2-4-13(11)17-8-10-7-9(14(18)19)5-6-12(10)16/h1-7,17H,8H2,(H,18,19). The first-order chi connectivity index (χ1) is 9.08. The van der Waals surface area contributed by atoms with Gasteiger partial charge >= 0.3 is 5.97 Å². The van der Waals surface area contributed by atoms with Crippen LogP contribution in [0.2, 0.25) is 5.02 Å². The van der Waals surface area contributed by atoms with Crippen molar-refractivity contribution in [2.24, 2.45) is 0 Å². The molecule has 3 nitrogen and oxygen atoms in total.